The summed E-state index contributed by atoms with van der Waals surface area (Å²) < 4.78 is 46.7. The van der Waals surface area contributed by atoms with Gasteiger partial charge in [0, 0.05) is 22.3 Å². The number of carboxylic acid groups (broad SMARTS) is 2. The summed E-state index contributed by atoms with van der Waals surface area (Å²) in [5, 5.41) is 44.9. The van der Waals surface area contributed by atoms with Crippen LogP contribution in [0.15, 0.2) is 11.1 Å². The Kier molecular flexibility index (Phi) is 13.9. The number of aromatic carboxylic acids is 2. The number of methoxy groups -OCH3 is 4. The number of fused-ring (bicyclic) bond motifs is 2. The summed E-state index contributed by atoms with van der Waals surface area (Å²) >= 11 is 0. The molecule has 72 heavy (non-hydrogen) atoms. The largest absolute Gasteiger partial charge is 0.495 e. The normalized spacial score (nSPS) is 19.1. The number of carbonyl (C=O) groups excluding carboxylic acids is 4. The first-order chi connectivity index (χ1) is 33.4. The maximum absolute atomic E-state index is 15.1. The first-order valence-corrected chi connectivity index (χ1v) is 22.7. The summed E-state index contributed by atoms with van der Waals surface area (Å²) in [6.45, 7) is 21.1. The Morgan fingerprint density at radius 3 is 1.17 bits per heavy atom. The summed E-state index contributed by atoms with van der Waals surface area (Å²) in [6, 6.07) is 0. The molecule has 4 aromatic rings. The van der Waals surface area contributed by atoms with Crippen molar-refractivity contribution in [3.05, 3.63) is 100 Å². The molecular formula is C54H60O18. The van der Waals surface area contributed by atoms with E-state index in [4.69, 9.17) is 37.9 Å². The maximum Gasteiger partial charge on any atom is 0.347 e. The smallest absolute Gasteiger partial charge is 0.347 e. The third-order valence-corrected chi connectivity index (χ3v) is 15.0. The second-order valence-electron chi connectivity index (χ2n) is 18.7. The van der Waals surface area contributed by atoms with Crippen molar-refractivity contribution in [2.24, 2.45) is 5.41 Å². The number of ketones is 1. The van der Waals surface area contributed by atoms with Gasteiger partial charge < -0.3 is 58.3 Å². The number of hydrogen-bond donors (Lipinski definition) is 4. The van der Waals surface area contributed by atoms with E-state index in [1.54, 1.807) is 69.2 Å². The average Bonchev–Trinajstić information content (AvgIpc) is 3.31. The SMILES string of the molecule is COc1c(C)c(OC(=O)c2c(C)c(C)c(OC(=O)C3=C(C)[C@@](C)(O)[C@]4(O)Oc5c(C)c(OC)c(C(=O)Oc6c(C)c(C)c(C(=O)O)c(OC)c6C)c(C)c5C[C@@]4(C)C3=O)c(C)c2OC)c(C)c(C)c1C(=O)O. The van der Waals surface area contributed by atoms with E-state index in [-0.39, 0.29) is 118 Å². The lowest BCUT2D eigenvalue weighted by Gasteiger charge is -2.56. The Bertz CT molecular complexity index is 3150. The van der Waals surface area contributed by atoms with Crippen molar-refractivity contribution in [2.45, 2.75) is 115 Å². The fourth-order valence-corrected chi connectivity index (χ4v) is 10.4. The van der Waals surface area contributed by atoms with Crippen molar-refractivity contribution >= 4 is 35.6 Å². The zero-order chi connectivity index (χ0) is 54.3. The molecule has 0 saturated heterocycles. The standard InChI is InChI=1S/C54H60O18/c1-20-23(4)38(27(8)42(65-15)33(20)47(56)57)69-49(60)35-22(3)25(6)40(29(10)44(35)67-17)71-51(62)37-31(12)53(14,63)54(64)52(13,46(37)55)19-32-26(7)36(45(68-18)30(11)41(32)72-54)50(61)70-39-24(5)21(2)34(48(58)59)43(66-16)28(39)9/h63-64H,19H2,1-18H3,(H,56,57)(H,58,59)/t52-,53+,54+/m0/s1. The van der Waals surface area contributed by atoms with Crippen LogP contribution in [-0.4, -0.2) is 95.9 Å². The van der Waals surface area contributed by atoms with Crippen molar-refractivity contribution in [1.82, 2.24) is 0 Å². The molecule has 0 spiro atoms. The minimum absolute atomic E-state index is 0.00189. The van der Waals surface area contributed by atoms with Crippen LogP contribution in [0.25, 0.3) is 0 Å². The van der Waals surface area contributed by atoms with Crippen LogP contribution in [0.5, 0.6) is 46.0 Å². The van der Waals surface area contributed by atoms with Gasteiger partial charge in [0.2, 0.25) is 0 Å². The second kappa shape index (κ2) is 18.6. The van der Waals surface area contributed by atoms with Gasteiger partial charge >= 0.3 is 29.8 Å². The highest BCUT2D eigenvalue weighted by atomic mass is 16.6. The molecular weight excluding hydrogens is 937 g/mol. The molecule has 384 valence electrons. The van der Waals surface area contributed by atoms with E-state index in [0.29, 0.717) is 22.3 Å². The maximum atomic E-state index is 15.1. The Labute approximate surface area is 416 Å². The Morgan fingerprint density at radius 1 is 0.458 bits per heavy atom. The molecule has 3 atom stereocenters. The molecule has 1 aliphatic carbocycles. The number of esters is 3. The van der Waals surface area contributed by atoms with Crippen molar-refractivity contribution in [3.63, 3.8) is 0 Å². The van der Waals surface area contributed by atoms with E-state index in [1.165, 1.54) is 56.1 Å². The molecule has 1 aliphatic heterocycles. The van der Waals surface area contributed by atoms with E-state index in [0.717, 1.165) is 0 Å². The molecule has 0 amide bonds. The van der Waals surface area contributed by atoms with Gasteiger partial charge in [0.25, 0.3) is 5.79 Å². The van der Waals surface area contributed by atoms with Gasteiger partial charge in [0.1, 0.15) is 84.8 Å². The molecule has 0 unspecified atom stereocenters. The van der Waals surface area contributed by atoms with Crippen LogP contribution < -0.4 is 37.9 Å². The Hall–Kier alpha value is -7.44. The lowest BCUT2D eigenvalue weighted by molar-refractivity contribution is -0.297. The molecule has 18 nitrogen and oxygen atoms in total. The van der Waals surface area contributed by atoms with Gasteiger partial charge in [0.15, 0.2) is 5.78 Å². The minimum Gasteiger partial charge on any atom is -0.495 e. The van der Waals surface area contributed by atoms with E-state index >= 15 is 4.79 Å². The summed E-state index contributed by atoms with van der Waals surface area (Å²) in [7, 11) is 5.22. The molecule has 2 aliphatic rings. The van der Waals surface area contributed by atoms with Crippen LogP contribution in [0.4, 0.5) is 0 Å². The summed E-state index contributed by atoms with van der Waals surface area (Å²) in [5.74, 6) is -9.10. The number of hydrogen-bond acceptors (Lipinski definition) is 16. The highest BCUT2D eigenvalue weighted by Gasteiger charge is 2.71. The highest BCUT2D eigenvalue weighted by molar-refractivity contribution is 6.22. The van der Waals surface area contributed by atoms with Crippen LogP contribution in [0.1, 0.15) is 129 Å². The lowest BCUT2D eigenvalue weighted by atomic mass is 9.57. The molecule has 6 rings (SSSR count). The van der Waals surface area contributed by atoms with Gasteiger partial charge in [0.05, 0.1) is 28.4 Å². The van der Waals surface area contributed by atoms with Gasteiger partial charge in [-0.1, -0.05) is 0 Å². The summed E-state index contributed by atoms with van der Waals surface area (Å²) in [5.41, 5.74) is -2.48. The van der Waals surface area contributed by atoms with Crippen molar-refractivity contribution < 1.29 is 87.1 Å². The highest BCUT2D eigenvalue weighted by Crippen LogP contribution is 2.58. The average molecular weight is 997 g/mol. The number of ether oxygens (including phenoxy) is 8. The third-order valence-electron chi connectivity index (χ3n) is 15.0. The quantitative estimate of drug-likeness (QED) is 0.0599. The van der Waals surface area contributed by atoms with Gasteiger partial charge in [-0.05, 0) is 153 Å². The summed E-state index contributed by atoms with van der Waals surface area (Å²) in [4.78, 5) is 82.6. The van der Waals surface area contributed by atoms with Crippen LogP contribution in [0, 0.1) is 81.6 Å². The fraction of sp³-hybridized carbons (Fsp3) is 0.407. The zero-order valence-corrected chi connectivity index (χ0v) is 43.7. The van der Waals surface area contributed by atoms with E-state index < -0.39 is 64.4 Å². The molecule has 1 heterocycles. The number of carboxylic acids is 2. The van der Waals surface area contributed by atoms with Crippen molar-refractivity contribution in [2.75, 3.05) is 28.4 Å². The first kappa shape index (κ1) is 53.9. The van der Waals surface area contributed by atoms with Gasteiger partial charge in [-0.25, -0.2) is 24.0 Å². The van der Waals surface area contributed by atoms with Gasteiger partial charge in [-0.3, -0.25) is 4.79 Å². The van der Waals surface area contributed by atoms with E-state index in [9.17, 15) is 44.4 Å². The number of carbonyl (C=O) groups is 6. The first-order valence-electron chi connectivity index (χ1n) is 22.7. The molecule has 0 saturated carbocycles. The Balaban J connectivity index is 1.41. The van der Waals surface area contributed by atoms with Gasteiger partial charge in [-0.2, -0.15) is 0 Å². The number of aliphatic hydroxyl groups is 2. The van der Waals surface area contributed by atoms with Crippen molar-refractivity contribution in [1.29, 1.82) is 0 Å². The fourth-order valence-electron chi connectivity index (χ4n) is 10.4. The zero-order valence-electron chi connectivity index (χ0n) is 43.7. The Morgan fingerprint density at radius 2 is 0.792 bits per heavy atom. The number of benzene rings is 4. The monoisotopic (exact) mass is 996 g/mol. The molecule has 4 aromatic carbocycles. The predicted octanol–water partition coefficient (Wildman–Crippen LogP) is 7.83. The lowest BCUT2D eigenvalue weighted by Crippen LogP contribution is -2.73. The molecule has 0 fully saturated rings. The number of rotatable bonds is 12. The van der Waals surface area contributed by atoms with Crippen LogP contribution >= 0.6 is 0 Å². The van der Waals surface area contributed by atoms with Crippen molar-refractivity contribution in [3.8, 4) is 46.0 Å². The van der Waals surface area contributed by atoms with Crippen LogP contribution in [-0.2, 0) is 16.0 Å². The topological polar surface area (TPSA) is 257 Å². The minimum atomic E-state index is -2.72. The van der Waals surface area contributed by atoms with Gasteiger partial charge in [-0.15, -0.1) is 0 Å². The molecule has 0 bridgehead atoms. The van der Waals surface area contributed by atoms with E-state index in [1.807, 2.05) is 0 Å². The second-order valence-corrected chi connectivity index (χ2v) is 18.7. The van der Waals surface area contributed by atoms with Crippen LogP contribution in [0.3, 0.4) is 0 Å². The number of Topliss-reactive ketones (excluding diaryl/α,β-unsaturated/α-hetero) is 1. The molecule has 18 heteroatoms. The van der Waals surface area contributed by atoms with E-state index in [2.05, 4.69) is 0 Å². The predicted molar refractivity (Wildman–Crippen MR) is 259 cm³/mol. The third kappa shape index (κ3) is 7.61. The summed E-state index contributed by atoms with van der Waals surface area (Å²) in [6.07, 6.45) is -0.391. The molecule has 4 N–H and O–H groups in total. The molecule has 0 radical (unpaired) electrons. The van der Waals surface area contributed by atoms with Crippen LogP contribution in [0.2, 0.25) is 0 Å². The molecule has 0 aromatic heterocycles.